The number of anilines is 2. The Kier molecular flexibility index (Phi) is 7.39. The van der Waals surface area contributed by atoms with Crippen LogP contribution in [0.3, 0.4) is 0 Å². The van der Waals surface area contributed by atoms with E-state index in [4.69, 9.17) is 4.74 Å². The van der Waals surface area contributed by atoms with Crippen LogP contribution in [0.4, 0.5) is 11.4 Å². The predicted molar refractivity (Wildman–Crippen MR) is 131 cm³/mol. The summed E-state index contributed by atoms with van der Waals surface area (Å²) in [6.07, 6.45) is 5.19. The molecule has 4 rings (SSSR count). The van der Waals surface area contributed by atoms with E-state index in [0.29, 0.717) is 23.4 Å². The number of rotatable bonds is 8. The summed E-state index contributed by atoms with van der Waals surface area (Å²) in [5.74, 6) is 0.401. The van der Waals surface area contributed by atoms with Gasteiger partial charge >= 0.3 is 0 Å². The van der Waals surface area contributed by atoms with E-state index in [2.05, 4.69) is 33.5 Å². The number of nitrogens with zero attached hydrogens (tertiary/aromatic N) is 2. The summed E-state index contributed by atoms with van der Waals surface area (Å²) in [5, 5.41) is 6.79. The third kappa shape index (κ3) is 5.66. The molecule has 2 aromatic carbocycles. The quantitative estimate of drug-likeness (QED) is 0.525. The van der Waals surface area contributed by atoms with Gasteiger partial charge in [0.15, 0.2) is 0 Å². The van der Waals surface area contributed by atoms with Crippen LogP contribution in [0.2, 0.25) is 0 Å². The van der Waals surface area contributed by atoms with Crippen molar-refractivity contribution in [1.29, 1.82) is 0 Å². The number of thiazole rings is 1. The van der Waals surface area contributed by atoms with Gasteiger partial charge in [0.05, 0.1) is 18.2 Å². The largest absolute Gasteiger partial charge is 0.496 e. The van der Waals surface area contributed by atoms with Gasteiger partial charge in [-0.3, -0.25) is 9.78 Å². The maximum absolute atomic E-state index is 12.7. The van der Waals surface area contributed by atoms with Gasteiger partial charge in [-0.1, -0.05) is 18.2 Å². The lowest BCUT2D eigenvalue weighted by Crippen LogP contribution is -2.46. The number of amides is 1. The summed E-state index contributed by atoms with van der Waals surface area (Å²) in [5.41, 5.74) is 4.35. The Morgan fingerprint density at radius 1 is 1.22 bits per heavy atom. The topological polar surface area (TPSA) is 66.5 Å². The number of benzene rings is 2. The van der Waals surface area contributed by atoms with E-state index in [0.717, 1.165) is 43.7 Å². The zero-order valence-corrected chi connectivity index (χ0v) is 19.4. The fourth-order valence-electron chi connectivity index (χ4n) is 4.22. The van der Waals surface area contributed by atoms with Crippen LogP contribution in [0.1, 0.15) is 35.0 Å². The van der Waals surface area contributed by atoms with E-state index in [1.165, 1.54) is 4.88 Å². The standard InChI is InChI=1S/C25H30N4O2S/c1-18(14-22-16-26-17-32-22)27-19-10-12-29(13-11-19)21-7-5-6-20(15-21)28-25(30)23-8-3-4-9-24(23)31-2/h3-9,15-19,27H,10-14H2,1-2H3,(H,28,30)/t18-/m1/s1. The fourth-order valence-corrected chi connectivity index (χ4v) is 4.95. The van der Waals surface area contributed by atoms with Crippen LogP contribution in [0.5, 0.6) is 5.75 Å². The Hall–Kier alpha value is -2.90. The number of piperidine rings is 1. The number of methoxy groups -OCH3 is 1. The average molecular weight is 451 g/mol. The molecule has 0 unspecified atom stereocenters. The molecule has 0 bridgehead atoms. The van der Waals surface area contributed by atoms with Gasteiger partial charge in [-0.2, -0.15) is 0 Å². The second-order valence-corrected chi connectivity index (χ2v) is 9.18. The van der Waals surface area contributed by atoms with Crippen LogP contribution in [0.25, 0.3) is 0 Å². The normalized spacial score (nSPS) is 15.4. The van der Waals surface area contributed by atoms with Gasteiger partial charge < -0.3 is 20.3 Å². The summed E-state index contributed by atoms with van der Waals surface area (Å²) >= 11 is 1.72. The van der Waals surface area contributed by atoms with Crippen molar-refractivity contribution in [1.82, 2.24) is 10.3 Å². The summed E-state index contributed by atoms with van der Waals surface area (Å²) in [4.78, 5) is 20.6. The maximum Gasteiger partial charge on any atom is 0.259 e. The number of hydrogen-bond acceptors (Lipinski definition) is 6. The lowest BCUT2D eigenvalue weighted by Gasteiger charge is -2.35. The number of aromatic nitrogens is 1. The minimum atomic E-state index is -0.169. The van der Waals surface area contributed by atoms with Gasteiger partial charge in [0.1, 0.15) is 5.75 Å². The third-order valence-electron chi connectivity index (χ3n) is 5.83. The molecule has 1 aliphatic heterocycles. The molecule has 1 saturated heterocycles. The van der Waals surface area contributed by atoms with Crippen molar-refractivity contribution in [2.24, 2.45) is 0 Å². The Labute approximate surface area is 193 Å². The zero-order chi connectivity index (χ0) is 22.3. The molecule has 168 valence electrons. The van der Waals surface area contributed by atoms with Gasteiger partial charge in [0.2, 0.25) is 0 Å². The smallest absolute Gasteiger partial charge is 0.259 e. The van der Waals surface area contributed by atoms with Crippen molar-refractivity contribution in [3.63, 3.8) is 0 Å². The fraction of sp³-hybridized carbons (Fsp3) is 0.360. The second kappa shape index (κ2) is 10.6. The van der Waals surface area contributed by atoms with Crippen molar-refractivity contribution in [3.8, 4) is 5.75 Å². The molecule has 7 heteroatoms. The average Bonchev–Trinajstić information content (AvgIpc) is 3.32. The van der Waals surface area contributed by atoms with E-state index in [9.17, 15) is 4.79 Å². The number of para-hydroxylation sites is 1. The van der Waals surface area contributed by atoms with Crippen molar-refractivity contribution < 1.29 is 9.53 Å². The molecule has 2 heterocycles. The van der Waals surface area contributed by atoms with Crippen LogP contribution in [-0.2, 0) is 6.42 Å². The molecule has 1 fully saturated rings. The van der Waals surface area contributed by atoms with Gasteiger partial charge in [-0.05, 0) is 56.5 Å². The minimum Gasteiger partial charge on any atom is -0.496 e. The highest BCUT2D eigenvalue weighted by atomic mass is 32.1. The molecule has 3 aromatic rings. The Morgan fingerprint density at radius 3 is 2.78 bits per heavy atom. The highest BCUT2D eigenvalue weighted by molar-refractivity contribution is 7.09. The molecule has 1 atom stereocenters. The highest BCUT2D eigenvalue weighted by Crippen LogP contribution is 2.25. The second-order valence-electron chi connectivity index (χ2n) is 8.21. The molecule has 0 aliphatic carbocycles. The Balaban J connectivity index is 1.31. The van der Waals surface area contributed by atoms with E-state index < -0.39 is 0 Å². The molecule has 1 aromatic heterocycles. The molecular formula is C25H30N4O2S. The summed E-state index contributed by atoms with van der Waals surface area (Å²) in [7, 11) is 1.57. The van der Waals surface area contributed by atoms with Crippen LogP contribution < -0.4 is 20.3 Å². The Morgan fingerprint density at radius 2 is 2.03 bits per heavy atom. The van der Waals surface area contributed by atoms with Gasteiger partial charge in [0.25, 0.3) is 5.91 Å². The lowest BCUT2D eigenvalue weighted by atomic mass is 10.0. The number of ether oxygens (including phenoxy) is 1. The van der Waals surface area contributed by atoms with Crippen LogP contribution >= 0.6 is 11.3 Å². The van der Waals surface area contributed by atoms with Crippen molar-refractivity contribution in [3.05, 3.63) is 70.7 Å². The van der Waals surface area contributed by atoms with Gasteiger partial charge in [0, 0.05) is 47.6 Å². The van der Waals surface area contributed by atoms with Crippen LogP contribution in [0.15, 0.2) is 60.2 Å². The first kappa shape index (κ1) is 22.3. The monoisotopic (exact) mass is 450 g/mol. The summed E-state index contributed by atoms with van der Waals surface area (Å²) < 4.78 is 5.31. The van der Waals surface area contributed by atoms with Gasteiger partial charge in [-0.15, -0.1) is 11.3 Å². The molecule has 0 spiro atoms. The van der Waals surface area contributed by atoms with Crippen LogP contribution in [-0.4, -0.2) is 43.2 Å². The molecule has 0 radical (unpaired) electrons. The van der Waals surface area contributed by atoms with E-state index in [-0.39, 0.29) is 5.91 Å². The SMILES string of the molecule is COc1ccccc1C(=O)Nc1cccc(N2CCC(N[C@H](C)Cc3cncs3)CC2)c1. The number of carbonyl (C=O) groups excluding carboxylic acids is 1. The molecule has 0 saturated carbocycles. The number of carbonyl (C=O) groups is 1. The molecular weight excluding hydrogens is 420 g/mol. The van der Waals surface area contributed by atoms with E-state index in [1.807, 2.05) is 42.0 Å². The van der Waals surface area contributed by atoms with E-state index >= 15 is 0 Å². The number of hydrogen-bond donors (Lipinski definition) is 2. The molecule has 6 nitrogen and oxygen atoms in total. The first-order chi connectivity index (χ1) is 15.6. The first-order valence-corrected chi connectivity index (χ1v) is 11.9. The number of nitrogens with one attached hydrogen (secondary N) is 2. The minimum absolute atomic E-state index is 0.169. The molecule has 1 aliphatic rings. The van der Waals surface area contributed by atoms with Crippen LogP contribution in [0, 0.1) is 0 Å². The van der Waals surface area contributed by atoms with Crippen molar-refractivity contribution in [2.45, 2.75) is 38.3 Å². The van der Waals surface area contributed by atoms with E-state index in [1.54, 1.807) is 30.6 Å². The molecule has 2 N–H and O–H groups in total. The molecule has 1 amide bonds. The van der Waals surface area contributed by atoms with Gasteiger partial charge in [-0.25, -0.2) is 0 Å². The van der Waals surface area contributed by atoms with Crippen molar-refractivity contribution >= 4 is 28.6 Å². The zero-order valence-electron chi connectivity index (χ0n) is 18.6. The third-order valence-corrected chi connectivity index (χ3v) is 6.63. The summed E-state index contributed by atoms with van der Waals surface area (Å²) in [6, 6.07) is 16.3. The molecule has 32 heavy (non-hydrogen) atoms. The highest BCUT2D eigenvalue weighted by Gasteiger charge is 2.21. The van der Waals surface area contributed by atoms with Crippen molar-refractivity contribution in [2.75, 3.05) is 30.4 Å². The summed E-state index contributed by atoms with van der Waals surface area (Å²) in [6.45, 7) is 4.24. The first-order valence-electron chi connectivity index (χ1n) is 11.0. The Bertz CT molecular complexity index is 1020. The maximum atomic E-state index is 12.7. The predicted octanol–water partition coefficient (Wildman–Crippen LogP) is 4.59. The lowest BCUT2D eigenvalue weighted by molar-refractivity contribution is 0.102.